The first-order valence-electron chi connectivity index (χ1n) is 8.59. The lowest BCUT2D eigenvalue weighted by molar-refractivity contribution is -0.138. The van der Waals surface area contributed by atoms with E-state index in [4.69, 9.17) is 5.11 Å². The van der Waals surface area contributed by atoms with Gasteiger partial charge in [-0.05, 0) is 35.4 Å². The Hall–Kier alpha value is -2.13. The normalized spacial score (nSPS) is 11.2. The first-order chi connectivity index (χ1) is 11.5. The van der Waals surface area contributed by atoms with Gasteiger partial charge in [-0.1, -0.05) is 68.4 Å². The molecule has 0 saturated carbocycles. The van der Waals surface area contributed by atoms with E-state index in [9.17, 15) is 4.79 Å². The van der Waals surface area contributed by atoms with Gasteiger partial charge in [0, 0.05) is 13.1 Å². The van der Waals surface area contributed by atoms with Gasteiger partial charge in [0.1, 0.15) is 0 Å². The largest absolute Gasteiger partial charge is 0.480 e. The predicted octanol–water partition coefficient (Wildman–Crippen LogP) is 4.01. The molecule has 0 amide bonds. The molecule has 0 fully saturated rings. The van der Waals surface area contributed by atoms with Gasteiger partial charge in [-0.25, -0.2) is 0 Å². The van der Waals surface area contributed by atoms with Gasteiger partial charge in [-0.2, -0.15) is 0 Å². The van der Waals surface area contributed by atoms with Crippen molar-refractivity contribution in [2.24, 2.45) is 5.92 Å². The molecule has 0 saturated heterocycles. The number of carbonyl (C=O) groups is 1. The molecular formula is C21H27NO2. The minimum atomic E-state index is -0.779. The first kappa shape index (κ1) is 18.2. The van der Waals surface area contributed by atoms with Gasteiger partial charge >= 0.3 is 5.97 Å². The Bertz CT molecular complexity index is 620. The van der Waals surface area contributed by atoms with Crippen LogP contribution in [0.15, 0.2) is 54.6 Å². The number of carboxylic acid groups (broad SMARTS) is 1. The Morgan fingerprint density at radius 3 is 2.17 bits per heavy atom. The number of hydrogen-bond acceptors (Lipinski definition) is 2. The molecule has 0 aliphatic carbocycles. The predicted molar refractivity (Wildman–Crippen MR) is 98.0 cm³/mol. The molecule has 3 heteroatoms. The quantitative estimate of drug-likeness (QED) is 0.757. The number of nitrogens with zero attached hydrogens (tertiary/aromatic N) is 1. The lowest BCUT2D eigenvalue weighted by atomic mass is 10.0. The second-order valence-electron chi connectivity index (χ2n) is 6.75. The summed E-state index contributed by atoms with van der Waals surface area (Å²) in [4.78, 5) is 13.1. The van der Waals surface area contributed by atoms with Crippen LogP contribution in [0.3, 0.4) is 0 Å². The number of aliphatic carboxylic acids is 1. The Balaban J connectivity index is 1.93. The van der Waals surface area contributed by atoms with E-state index in [0.29, 0.717) is 12.5 Å². The zero-order chi connectivity index (χ0) is 17.4. The second kappa shape index (κ2) is 9.24. The van der Waals surface area contributed by atoms with E-state index in [1.807, 2.05) is 35.2 Å². The highest BCUT2D eigenvalue weighted by Gasteiger charge is 2.10. The number of rotatable bonds is 9. The van der Waals surface area contributed by atoms with Crippen LogP contribution in [0.4, 0.5) is 0 Å². The van der Waals surface area contributed by atoms with E-state index in [1.165, 1.54) is 11.1 Å². The van der Waals surface area contributed by atoms with Crippen LogP contribution in [0.25, 0.3) is 0 Å². The summed E-state index contributed by atoms with van der Waals surface area (Å²) < 4.78 is 0. The fourth-order valence-electron chi connectivity index (χ4n) is 2.85. The van der Waals surface area contributed by atoms with Crippen LogP contribution < -0.4 is 0 Å². The third-order valence-corrected chi connectivity index (χ3v) is 3.99. The van der Waals surface area contributed by atoms with Crippen LogP contribution in [0.5, 0.6) is 0 Å². The summed E-state index contributed by atoms with van der Waals surface area (Å²) in [6.07, 6.45) is 1.96. The highest BCUT2D eigenvalue weighted by Crippen LogP contribution is 2.11. The van der Waals surface area contributed by atoms with Crippen LogP contribution >= 0.6 is 0 Å². The van der Waals surface area contributed by atoms with Gasteiger partial charge in [0.15, 0.2) is 0 Å². The van der Waals surface area contributed by atoms with Crippen LogP contribution in [-0.2, 0) is 24.2 Å². The summed E-state index contributed by atoms with van der Waals surface area (Å²) in [7, 11) is 0. The molecule has 3 nitrogen and oxygen atoms in total. The lowest BCUT2D eigenvalue weighted by Gasteiger charge is -2.20. The smallest absolute Gasteiger partial charge is 0.317 e. The Labute approximate surface area is 144 Å². The summed E-state index contributed by atoms with van der Waals surface area (Å²) in [6, 6.07) is 18.7. The van der Waals surface area contributed by atoms with Gasteiger partial charge < -0.3 is 5.11 Å². The molecule has 2 aromatic rings. The van der Waals surface area contributed by atoms with Crippen molar-refractivity contribution < 1.29 is 9.90 Å². The minimum Gasteiger partial charge on any atom is -0.480 e. The van der Waals surface area contributed by atoms with Gasteiger partial charge in [0.05, 0.1) is 6.54 Å². The third-order valence-electron chi connectivity index (χ3n) is 3.99. The van der Waals surface area contributed by atoms with Gasteiger partial charge in [0.2, 0.25) is 0 Å². The second-order valence-corrected chi connectivity index (χ2v) is 6.75. The van der Waals surface area contributed by atoms with Crippen molar-refractivity contribution in [1.82, 2.24) is 4.90 Å². The van der Waals surface area contributed by atoms with Crippen molar-refractivity contribution in [2.75, 3.05) is 13.1 Å². The molecule has 128 valence electrons. The maximum Gasteiger partial charge on any atom is 0.317 e. The Kier molecular flexibility index (Phi) is 7.01. The van der Waals surface area contributed by atoms with Crippen molar-refractivity contribution in [3.8, 4) is 0 Å². The molecule has 0 unspecified atom stereocenters. The number of hydrogen-bond donors (Lipinski definition) is 1. The summed E-state index contributed by atoms with van der Waals surface area (Å²) >= 11 is 0. The molecule has 0 heterocycles. The molecular weight excluding hydrogens is 298 g/mol. The fraction of sp³-hybridized carbons (Fsp3) is 0.381. The first-order valence-corrected chi connectivity index (χ1v) is 8.59. The molecule has 24 heavy (non-hydrogen) atoms. The van der Waals surface area contributed by atoms with Crippen molar-refractivity contribution in [3.05, 3.63) is 71.3 Å². The van der Waals surface area contributed by atoms with E-state index >= 15 is 0 Å². The summed E-state index contributed by atoms with van der Waals surface area (Å²) in [6.45, 7) is 5.92. The van der Waals surface area contributed by atoms with Crippen molar-refractivity contribution in [2.45, 2.75) is 33.2 Å². The molecule has 0 radical (unpaired) electrons. The highest BCUT2D eigenvalue weighted by atomic mass is 16.4. The minimum absolute atomic E-state index is 0.0698. The molecule has 1 N–H and O–H groups in total. The van der Waals surface area contributed by atoms with Crippen molar-refractivity contribution in [3.63, 3.8) is 0 Å². The van der Waals surface area contributed by atoms with Gasteiger partial charge in [0.25, 0.3) is 0 Å². The van der Waals surface area contributed by atoms with E-state index in [0.717, 1.165) is 24.9 Å². The topological polar surface area (TPSA) is 40.5 Å². The summed E-state index contributed by atoms with van der Waals surface area (Å²) in [5.41, 5.74) is 3.76. The zero-order valence-corrected chi connectivity index (χ0v) is 14.6. The van der Waals surface area contributed by atoms with Crippen LogP contribution in [0.2, 0.25) is 0 Å². The molecule has 0 atom stereocenters. The van der Waals surface area contributed by atoms with E-state index in [-0.39, 0.29) is 6.54 Å². The SMILES string of the molecule is CC(C)Cc1ccc(CCN(CC(=O)O)Cc2ccccc2)cc1. The van der Waals surface area contributed by atoms with Crippen LogP contribution in [0, 0.1) is 5.92 Å². The maximum absolute atomic E-state index is 11.1. The monoisotopic (exact) mass is 325 g/mol. The number of carboxylic acids is 1. The van der Waals surface area contributed by atoms with Gasteiger partial charge in [-0.15, -0.1) is 0 Å². The fourth-order valence-corrected chi connectivity index (χ4v) is 2.85. The van der Waals surface area contributed by atoms with E-state index < -0.39 is 5.97 Å². The zero-order valence-electron chi connectivity index (χ0n) is 14.6. The molecule has 0 aromatic heterocycles. The molecule has 0 aliphatic heterocycles. The molecule has 2 rings (SSSR count). The van der Waals surface area contributed by atoms with Gasteiger partial charge in [-0.3, -0.25) is 9.69 Å². The van der Waals surface area contributed by atoms with E-state index in [1.54, 1.807) is 0 Å². The highest BCUT2D eigenvalue weighted by molar-refractivity contribution is 5.69. The number of benzene rings is 2. The van der Waals surface area contributed by atoms with Crippen molar-refractivity contribution in [1.29, 1.82) is 0 Å². The average molecular weight is 325 g/mol. The summed E-state index contributed by atoms with van der Waals surface area (Å²) in [5, 5.41) is 9.14. The average Bonchev–Trinajstić information content (AvgIpc) is 2.54. The molecule has 0 bridgehead atoms. The standard InChI is InChI=1S/C21H27NO2/c1-17(2)14-19-10-8-18(9-11-19)12-13-22(16-21(23)24)15-20-6-4-3-5-7-20/h3-11,17H,12-16H2,1-2H3,(H,23,24). The Morgan fingerprint density at radius 1 is 0.958 bits per heavy atom. The summed E-state index contributed by atoms with van der Waals surface area (Å²) in [5.74, 6) is -0.119. The van der Waals surface area contributed by atoms with Crippen molar-refractivity contribution >= 4 is 5.97 Å². The molecule has 0 spiro atoms. The van der Waals surface area contributed by atoms with E-state index in [2.05, 4.69) is 38.1 Å². The van der Waals surface area contributed by atoms with Crippen LogP contribution in [0.1, 0.15) is 30.5 Å². The molecule has 0 aliphatic rings. The maximum atomic E-state index is 11.1. The van der Waals surface area contributed by atoms with Crippen LogP contribution in [-0.4, -0.2) is 29.1 Å². The lowest BCUT2D eigenvalue weighted by Crippen LogP contribution is -2.31. The molecule has 2 aromatic carbocycles. The third kappa shape index (κ3) is 6.55. The Morgan fingerprint density at radius 2 is 1.58 bits per heavy atom.